The Balaban J connectivity index is 0.000000458. The molecule has 2 aromatic rings. The number of nitrogens with one attached hydrogen (secondary N) is 3. The summed E-state index contributed by atoms with van der Waals surface area (Å²) in [5.41, 5.74) is 0.358. The predicted octanol–water partition coefficient (Wildman–Crippen LogP) is 2.81. The summed E-state index contributed by atoms with van der Waals surface area (Å²) in [7, 11) is 1.51. The Hall–Kier alpha value is -3.74. The van der Waals surface area contributed by atoms with Crippen molar-refractivity contribution in [2.75, 3.05) is 48.8 Å². The first-order valence-corrected chi connectivity index (χ1v) is 12.4. The van der Waals surface area contributed by atoms with Gasteiger partial charge in [-0.2, -0.15) is 0 Å². The SMILES string of the molecule is C1C[C@@H]2NCC12.CCOc1cnc(NC(=O)N(C)C2CN(c3cc(NC(=O)O)ccn3)CCC2F)cn1. The van der Waals surface area contributed by atoms with Gasteiger partial charge >= 0.3 is 12.1 Å². The number of urea groups is 1. The molecule has 4 N–H and O–H groups in total. The maximum Gasteiger partial charge on any atom is 0.409 e. The highest BCUT2D eigenvalue weighted by Gasteiger charge is 2.37. The lowest BCUT2D eigenvalue weighted by atomic mass is 9.74. The highest BCUT2D eigenvalue weighted by Crippen LogP contribution is 2.33. The van der Waals surface area contributed by atoms with Gasteiger partial charge in [-0.3, -0.25) is 10.6 Å². The number of fused-ring (bicyclic) bond motifs is 1. The molecule has 3 aliphatic rings. The number of carbonyl (C=O) groups excluding carboxylic acids is 1. The summed E-state index contributed by atoms with van der Waals surface area (Å²) in [6, 6.07) is 2.79. The van der Waals surface area contributed by atoms with Crippen molar-refractivity contribution in [3.8, 4) is 5.88 Å². The van der Waals surface area contributed by atoms with Gasteiger partial charge in [-0.05, 0) is 44.7 Å². The number of nitrogens with zero attached hydrogens (tertiary/aromatic N) is 5. The van der Waals surface area contributed by atoms with Crippen LogP contribution in [0.25, 0.3) is 0 Å². The average Bonchev–Trinajstić information content (AvgIpc) is 2.87. The highest BCUT2D eigenvalue weighted by molar-refractivity contribution is 5.88. The van der Waals surface area contributed by atoms with Crippen LogP contribution in [0.5, 0.6) is 5.88 Å². The van der Waals surface area contributed by atoms with Crippen molar-refractivity contribution in [3.05, 3.63) is 30.7 Å². The molecular weight excluding hydrogens is 483 g/mol. The van der Waals surface area contributed by atoms with Crippen molar-refractivity contribution in [3.63, 3.8) is 0 Å². The normalized spacial score (nSPS) is 23.7. The molecule has 1 saturated carbocycles. The molecular formula is C24H33FN8O4. The highest BCUT2D eigenvalue weighted by atomic mass is 19.1. The van der Waals surface area contributed by atoms with Crippen LogP contribution in [0.1, 0.15) is 26.2 Å². The first kappa shape index (κ1) is 26.3. The molecule has 3 fully saturated rings. The first-order valence-electron chi connectivity index (χ1n) is 12.4. The van der Waals surface area contributed by atoms with E-state index in [9.17, 15) is 14.0 Å². The number of likely N-dealkylation sites (N-methyl/N-ethyl adjacent to an activating group) is 1. The van der Waals surface area contributed by atoms with E-state index in [1.54, 1.807) is 6.07 Å². The molecule has 4 atom stereocenters. The summed E-state index contributed by atoms with van der Waals surface area (Å²) in [6.07, 6.45) is 4.96. The number of pyridine rings is 1. The van der Waals surface area contributed by atoms with Crippen molar-refractivity contribution in [2.24, 2.45) is 5.92 Å². The van der Waals surface area contributed by atoms with E-state index in [0.717, 1.165) is 12.0 Å². The Morgan fingerprint density at radius 3 is 2.62 bits per heavy atom. The van der Waals surface area contributed by atoms with Crippen LogP contribution in [0.15, 0.2) is 30.7 Å². The summed E-state index contributed by atoms with van der Waals surface area (Å²) >= 11 is 0. The molecule has 200 valence electrons. The van der Waals surface area contributed by atoms with Gasteiger partial charge in [-0.15, -0.1) is 0 Å². The van der Waals surface area contributed by atoms with Gasteiger partial charge in [0.15, 0.2) is 5.82 Å². The molecule has 0 aromatic carbocycles. The fraction of sp³-hybridized carbons (Fsp3) is 0.542. The summed E-state index contributed by atoms with van der Waals surface area (Å²) in [6.45, 7) is 4.17. The van der Waals surface area contributed by atoms with Crippen molar-refractivity contribution in [1.82, 2.24) is 25.2 Å². The molecule has 1 aliphatic carbocycles. The third-order valence-electron chi connectivity index (χ3n) is 6.85. The summed E-state index contributed by atoms with van der Waals surface area (Å²) < 4.78 is 19.9. The minimum Gasteiger partial charge on any atom is -0.477 e. The molecule has 12 nitrogen and oxygen atoms in total. The van der Waals surface area contributed by atoms with Crippen LogP contribution in [-0.2, 0) is 0 Å². The van der Waals surface area contributed by atoms with Gasteiger partial charge in [0.05, 0.1) is 25.0 Å². The van der Waals surface area contributed by atoms with E-state index in [4.69, 9.17) is 9.84 Å². The number of carbonyl (C=O) groups is 2. The molecule has 5 rings (SSSR count). The van der Waals surface area contributed by atoms with E-state index in [1.165, 1.54) is 56.0 Å². The Morgan fingerprint density at radius 1 is 1.24 bits per heavy atom. The number of hydrogen-bond donors (Lipinski definition) is 4. The second kappa shape index (κ2) is 12.0. The number of carboxylic acid groups (broad SMARTS) is 1. The van der Waals surface area contributed by atoms with Gasteiger partial charge in [-0.1, -0.05) is 0 Å². The quantitative estimate of drug-likeness (QED) is 0.455. The Morgan fingerprint density at radius 2 is 2.05 bits per heavy atom. The van der Waals surface area contributed by atoms with Gasteiger partial charge in [-0.25, -0.2) is 28.9 Å². The smallest absolute Gasteiger partial charge is 0.409 e. The van der Waals surface area contributed by atoms with Crippen LogP contribution >= 0.6 is 0 Å². The van der Waals surface area contributed by atoms with E-state index in [0.29, 0.717) is 30.5 Å². The predicted molar refractivity (Wildman–Crippen MR) is 136 cm³/mol. The number of anilines is 3. The van der Waals surface area contributed by atoms with Crippen LogP contribution in [0, 0.1) is 5.92 Å². The number of alkyl halides is 1. The fourth-order valence-corrected chi connectivity index (χ4v) is 4.44. The van der Waals surface area contributed by atoms with Crippen LogP contribution in [0.2, 0.25) is 0 Å². The summed E-state index contributed by atoms with van der Waals surface area (Å²) in [4.78, 5) is 38.9. The lowest BCUT2D eigenvalue weighted by molar-refractivity contribution is 0.111. The minimum absolute atomic E-state index is 0.198. The molecule has 3 amide bonds. The third kappa shape index (κ3) is 6.73. The first-order chi connectivity index (χ1) is 17.8. The molecule has 2 aliphatic heterocycles. The number of aromatic nitrogens is 3. The van der Waals surface area contributed by atoms with E-state index in [2.05, 4.69) is 30.9 Å². The molecule has 37 heavy (non-hydrogen) atoms. The Kier molecular flexibility index (Phi) is 8.54. The van der Waals surface area contributed by atoms with Crippen molar-refractivity contribution in [1.29, 1.82) is 0 Å². The molecule has 3 unspecified atom stereocenters. The number of amides is 3. The van der Waals surface area contributed by atoms with Crippen molar-refractivity contribution < 1.29 is 23.8 Å². The maximum absolute atomic E-state index is 14.7. The summed E-state index contributed by atoms with van der Waals surface area (Å²) in [5.74, 6) is 2.16. The van der Waals surface area contributed by atoms with E-state index in [1.807, 2.05) is 11.8 Å². The standard InChI is InChI=1S/C19H24FN7O4.C5H9N/c1-3-31-17-10-22-15(9-23-17)25-18(28)26(2)14-11-27(7-5-13(14)20)16-8-12(4-6-21-16)24-19(29)30;1-2-5-4(1)3-6-5/h4,6,8-10,13-14H,3,5,7,11H2,1-2H3,(H,21,24)(H,29,30)(H,22,25,28);4-6H,1-3H2/t;4?,5-/m.0/s1. The molecule has 2 saturated heterocycles. The number of rotatable bonds is 6. The second-order valence-electron chi connectivity index (χ2n) is 9.22. The van der Waals surface area contributed by atoms with Gasteiger partial charge in [0.25, 0.3) is 0 Å². The Bertz CT molecular complexity index is 1060. The van der Waals surface area contributed by atoms with Crippen LogP contribution < -0.4 is 25.6 Å². The average molecular weight is 517 g/mol. The lowest BCUT2D eigenvalue weighted by Crippen LogP contribution is -2.59. The molecule has 4 heterocycles. The molecule has 13 heteroatoms. The monoisotopic (exact) mass is 516 g/mol. The van der Waals surface area contributed by atoms with Gasteiger partial charge < -0.3 is 25.0 Å². The zero-order chi connectivity index (χ0) is 26.4. The minimum atomic E-state index is -1.22. The van der Waals surface area contributed by atoms with E-state index in [-0.39, 0.29) is 18.8 Å². The number of piperidine rings is 2. The number of ether oxygens (including phenoxy) is 1. The zero-order valence-electron chi connectivity index (χ0n) is 20.9. The largest absolute Gasteiger partial charge is 0.477 e. The molecule has 0 spiro atoms. The van der Waals surface area contributed by atoms with Gasteiger partial charge in [0.2, 0.25) is 5.88 Å². The maximum atomic E-state index is 14.7. The van der Waals surface area contributed by atoms with Crippen LogP contribution in [0.4, 0.5) is 31.3 Å². The molecule has 2 aromatic heterocycles. The number of halogens is 1. The van der Waals surface area contributed by atoms with E-state index < -0.39 is 24.3 Å². The van der Waals surface area contributed by atoms with Crippen molar-refractivity contribution in [2.45, 2.75) is 44.4 Å². The Labute approximate surface area is 214 Å². The molecule has 0 bridgehead atoms. The summed E-state index contributed by atoms with van der Waals surface area (Å²) in [5, 5.41) is 17.1. The van der Waals surface area contributed by atoms with Crippen LogP contribution in [-0.4, -0.2) is 88.6 Å². The zero-order valence-corrected chi connectivity index (χ0v) is 20.9. The van der Waals surface area contributed by atoms with E-state index >= 15 is 0 Å². The topological polar surface area (TPSA) is 145 Å². The number of hydrogen-bond acceptors (Lipinski definition) is 8. The fourth-order valence-electron chi connectivity index (χ4n) is 4.44. The van der Waals surface area contributed by atoms with Gasteiger partial charge in [0, 0.05) is 44.1 Å². The molecule has 0 radical (unpaired) electrons. The van der Waals surface area contributed by atoms with Crippen molar-refractivity contribution >= 4 is 29.4 Å². The van der Waals surface area contributed by atoms with Gasteiger partial charge in [0.1, 0.15) is 12.0 Å². The third-order valence-corrected chi connectivity index (χ3v) is 6.85. The lowest BCUT2D eigenvalue weighted by Gasteiger charge is -2.47. The second-order valence-corrected chi connectivity index (χ2v) is 9.22. The van der Waals surface area contributed by atoms with Crippen LogP contribution in [0.3, 0.4) is 0 Å².